The molecule has 1 aliphatic rings. The fourth-order valence-corrected chi connectivity index (χ4v) is 3.80. The summed E-state index contributed by atoms with van der Waals surface area (Å²) in [7, 11) is -3.51. The van der Waals surface area contributed by atoms with Gasteiger partial charge < -0.3 is 5.73 Å². The number of nitrogens with zero attached hydrogens (tertiary/aromatic N) is 3. The second kappa shape index (κ2) is 7.42. The van der Waals surface area contributed by atoms with Crippen molar-refractivity contribution in [2.24, 2.45) is 16.8 Å². The third kappa shape index (κ3) is 4.10. The number of anilines is 1. The molecule has 0 spiro atoms. The van der Waals surface area contributed by atoms with Gasteiger partial charge in [0, 0.05) is 13.1 Å². The molecule has 3 N–H and O–H groups in total. The average molecular weight is 349 g/mol. The molecule has 0 radical (unpaired) electrons. The van der Waals surface area contributed by atoms with E-state index in [2.05, 4.69) is 17.5 Å². The number of benzene rings is 1. The lowest BCUT2D eigenvalue weighted by atomic mass is 10.0. The van der Waals surface area contributed by atoms with Gasteiger partial charge in [-0.25, -0.2) is 8.42 Å². The number of amides is 1. The summed E-state index contributed by atoms with van der Waals surface area (Å²) in [4.78, 5) is 11.1. The number of sulfonamides is 1. The van der Waals surface area contributed by atoms with Crippen LogP contribution < -0.4 is 11.2 Å². The molecule has 1 amide bonds. The van der Waals surface area contributed by atoms with Crippen molar-refractivity contribution in [1.82, 2.24) is 4.31 Å². The Labute approximate surface area is 141 Å². The van der Waals surface area contributed by atoms with E-state index in [-0.39, 0.29) is 4.90 Å². The monoisotopic (exact) mass is 349 g/mol. The SMILES string of the molecule is CC1CCN(S(=O)(=O)c2ccc(N/N=C(\C#N)C(N)=O)cc2)CC1. The third-order valence-electron chi connectivity index (χ3n) is 3.87. The zero-order chi connectivity index (χ0) is 17.7. The minimum absolute atomic E-state index is 0.196. The number of carbonyl (C=O) groups excluding carboxylic acids is 1. The second-order valence-electron chi connectivity index (χ2n) is 5.66. The third-order valence-corrected chi connectivity index (χ3v) is 5.78. The lowest BCUT2D eigenvalue weighted by Crippen LogP contribution is -2.37. The van der Waals surface area contributed by atoms with Crippen molar-refractivity contribution >= 4 is 27.3 Å². The van der Waals surface area contributed by atoms with Crippen LogP contribution in [-0.4, -0.2) is 37.4 Å². The van der Waals surface area contributed by atoms with Crippen LogP contribution >= 0.6 is 0 Å². The summed E-state index contributed by atoms with van der Waals surface area (Å²) < 4.78 is 26.7. The molecular formula is C15H19N5O3S. The van der Waals surface area contributed by atoms with Crippen LogP contribution in [0.15, 0.2) is 34.3 Å². The summed E-state index contributed by atoms with van der Waals surface area (Å²) in [5.74, 6) is -0.399. The highest BCUT2D eigenvalue weighted by atomic mass is 32.2. The number of hydrogen-bond donors (Lipinski definition) is 2. The maximum absolute atomic E-state index is 12.6. The number of carbonyl (C=O) groups is 1. The highest BCUT2D eigenvalue weighted by molar-refractivity contribution is 7.89. The van der Waals surface area contributed by atoms with Crippen molar-refractivity contribution < 1.29 is 13.2 Å². The Morgan fingerprint density at radius 1 is 1.33 bits per heavy atom. The van der Waals surface area contributed by atoms with E-state index >= 15 is 0 Å². The fourth-order valence-electron chi connectivity index (χ4n) is 2.33. The number of rotatable bonds is 5. The van der Waals surface area contributed by atoms with E-state index in [1.807, 2.05) is 0 Å². The molecule has 0 unspecified atom stereocenters. The van der Waals surface area contributed by atoms with E-state index in [9.17, 15) is 13.2 Å². The minimum atomic E-state index is -3.51. The predicted molar refractivity (Wildman–Crippen MR) is 89.5 cm³/mol. The Morgan fingerprint density at radius 2 is 1.92 bits per heavy atom. The summed E-state index contributed by atoms with van der Waals surface area (Å²) >= 11 is 0. The van der Waals surface area contributed by atoms with Crippen LogP contribution in [0.3, 0.4) is 0 Å². The zero-order valence-corrected chi connectivity index (χ0v) is 14.1. The average Bonchev–Trinajstić information content (AvgIpc) is 2.56. The normalized spacial score (nSPS) is 17.2. The molecule has 0 atom stereocenters. The molecular weight excluding hydrogens is 330 g/mol. The second-order valence-corrected chi connectivity index (χ2v) is 7.60. The molecule has 8 nitrogen and oxygen atoms in total. The van der Waals surface area contributed by atoms with Crippen molar-refractivity contribution in [3.05, 3.63) is 24.3 Å². The smallest absolute Gasteiger partial charge is 0.280 e. The number of primary amides is 1. The molecule has 9 heteroatoms. The van der Waals surface area contributed by atoms with Gasteiger partial charge in [0.25, 0.3) is 5.91 Å². The maximum Gasteiger partial charge on any atom is 0.280 e. The number of hydrogen-bond acceptors (Lipinski definition) is 6. The number of nitriles is 1. The standard InChI is InChI=1S/C15H19N5O3S/c1-11-6-8-20(9-7-11)24(22,23)13-4-2-12(3-5-13)18-19-14(10-16)15(17)21/h2-5,11,18H,6-9H2,1H3,(H2,17,21)/b19-14+. The topological polar surface area (TPSA) is 129 Å². The lowest BCUT2D eigenvalue weighted by Gasteiger charge is -2.29. The van der Waals surface area contributed by atoms with Gasteiger partial charge in [-0.2, -0.15) is 14.7 Å². The first-order valence-electron chi connectivity index (χ1n) is 7.48. The molecule has 1 aromatic carbocycles. The summed E-state index contributed by atoms with van der Waals surface area (Å²) in [6.45, 7) is 3.17. The first-order valence-corrected chi connectivity index (χ1v) is 8.92. The van der Waals surface area contributed by atoms with Gasteiger partial charge in [0.05, 0.1) is 10.6 Å². The van der Waals surface area contributed by atoms with Crippen LogP contribution in [0.4, 0.5) is 5.69 Å². The first kappa shape index (κ1) is 17.9. The van der Waals surface area contributed by atoms with E-state index in [4.69, 9.17) is 11.0 Å². The molecule has 1 heterocycles. The molecule has 2 rings (SSSR count). The predicted octanol–water partition coefficient (Wildman–Crippen LogP) is 0.884. The van der Waals surface area contributed by atoms with Crippen LogP contribution in [0, 0.1) is 17.2 Å². The Morgan fingerprint density at radius 3 is 2.42 bits per heavy atom. The van der Waals surface area contributed by atoms with Gasteiger partial charge >= 0.3 is 0 Å². The highest BCUT2D eigenvalue weighted by Gasteiger charge is 2.27. The van der Waals surface area contributed by atoms with Crippen molar-refractivity contribution in [1.29, 1.82) is 5.26 Å². The van der Waals surface area contributed by atoms with Gasteiger partial charge in [0.2, 0.25) is 15.7 Å². The van der Waals surface area contributed by atoms with Crippen molar-refractivity contribution in [3.63, 3.8) is 0 Å². The first-order chi connectivity index (χ1) is 11.3. The molecule has 0 aliphatic carbocycles. The lowest BCUT2D eigenvalue weighted by molar-refractivity contribution is -0.111. The van der Waals surface area contributed by atoms with Gasteiger partial charge in [-0.05, 0) is 43.0 Å². The Kier molecular flexibility index (Phi) is 5.54. The van der Waals surface area contributed by atoms with Gasteiger partial charge in [0.15, 0.2) is 0 Å². The molecule has 0 bridgehead atoms. The van der Waals surface area contributed by atoms with E-state index < -0.39 is 21.6 Å². The quantitative estimate of drug-likeness (QED) is 0.602. The molecule has 0 aromatic heterocycles. The van der Waals surface area contributed by atoms with Crippen molar-refractivity contribution in [2.45, 2.75) is 24.7 Å². The van der Waals surface area contributed by atoms with Crippen LogP contribution in [0.25, 0.3) is 0 Å². The van der Waals surface area contributed by atoms with E-state index in [0.29, 0.717) is 24.7 Å². The van der Waals surface area contributed by atoms with E-state index in [0.717, 1.165) is 12.8 Å². The van der Waals surface area contributed by atoms with Crippen LogP contribution in [0.5, 0.6) is 0 Å². The number of nitrogens with one attached hydrogen (secondary N) is 1. The van der Waals surface area contributed by atoms with E-state index in [1.165, 1.54) is 28.6 Å². The van der Waals surface area contributed by atoms with Crippen LogP contribution in [0.2, 0.25) is 0 Å². The Hall–Kier alpha value is -2.44. The van der Waals surface area contributed by atoms with Crippen molar-refractivity contribution in [2.75, 3.05) is 18.5 Å². The van der Waals surface area contributed by atoms with Gasteiger partial charge in [-0.1, -0.05) is 6.92 Å². The van der Waals surface area contributed by atoms with Gasteiger partial charge in [-0.15, -0.1) is 0 Å². The van der Waals surface area contributed by atoms with Gasteiger partial charge in [0.1, 0.15) is 6.07 Å². The summed E-state index contributed by atoms with van der Waals surface area (Å²) in [6.07, 6.45) is 1.72. The molecule has 1 aromatic rings. The van der Waals surface area contributed by atoms with Gasteiger partial charge in [-0.3, -0.25) is 10.2 Å². The number of hydrazone groups is 1. The van der Waals surface area contributed by atoms with E-state index in [1.54, 1.807) is 6.07 Å². The molecule has 0 saturated carbocycles. The summed E-state index contributed by atoms with van der Waals surface area (Å²) in [5.41, 5.74) is 7.44. The Balaban J connectivity index is 2.11. The molecule has 1 saturated heterocycles. The molecule has 1 aliphatic heterocycles. The van der Waals surface area contributed by atoms with Crippen LogP contribution in [-0.2, 0) is 14.8 Å². The zero-order valence-electron chi connectivity index (χ0n) is 13.3. The highest BCUT2D eigenvalue weighted by Crippen LogP contribution is 2.24. The molecule has 24 heavy (non-hydrogen) atoms. The maximum atomic E-state index is 12.6. The summed E-state index contributed by atoms with van der Waals surface area (Å²) in [6, 6.07) is 7.51. The molecule has 128 valence electrons. The van der Waals surface area contributed by atoms with Crippen molar-refractivity contribution in [3.8, 4) is 6.07 Å². The number of piperidine rings is 1. The van der Waals surface area contributed by atoms with Crippen LogP contribution in [0.1, 0.15) is 19.8 Å². The molecule has 1 fully saturated rings. The number of nitrogens with two attached hydrogens (primary N) is 1. The Bertz CT molecular complexity index is 772. The minimum Gasteiger partial charge on any atom is -0.364 e. The fraction of sp³-hybridized carbons (Fsp3) is 0.400. The summed E-state index contributed by atoms with van der Waals surface area (Å²) in [5, 5.41) is 12.3. The largest absolute Gasteiger partial charge is 0.364 e.